The fraction of sp³-hybridized carbons (Fsp3) is 0.435. The summed E-state index contributed by atoms with van der Waals surface area (Å²) in [5.41, 5.74) is 2.81. The minimum absolute atomic E-state index is 0.0244. The average molecular weight is 442 g/mol. The number of hydrogen-bond donors (Lipinski definition) is 1. The summed E-state index contributed by atoms with van der Waals surface area (Å²) in [4.78, 5) is 32.2. The number of carbonyl (C=O) groups excluding carboxylic acids is 2. The van der Waals surface area contributed by atoms with E-state index in [0.717, 1.165) is 23.0 Å². The molecule has 1 aromatic carbocycles. The van der Waals surface area contributed by atoms with Crippen LogP contribution in [0, 0.1) is 5.92 Å². The number of nitrogens with zero attached hydrogens (tertiary/aromatic N) is 2. The van der Waals surface area contributed by atoms with Gasteiger partial charge in [-0.1, -0.05) is 36.9 Å². The zero-order valence-corrected chi connectivity index (χ0v) is 18.8. The van der Waals surface area contributed by atoms with Crippen molar-refractivity contribution in [2.75, 3.05) is 20.8 Å². The molecule has 3 aliphatic rings. The standard InChI is InChI=1S/C23H27N3O4S/c1-4-17-20(22(28)30-3)21(16-7-5-6-8-18(16)29-2)26-15(13-31-23(26)25-17)11-19(27)24-12-14-9-10-14/h5-8,13-14,21H,4,9-12H2,1-3H3,(H,24,27)/t21-/m0/s1. The number of nitrogens with one attached hydrogen (secondary N) is 1. The van der Waals surface area contributed by atoms with Gasteiger partial charge in [-0.05, 0) is 36.7 Å². The van der Waals surface area contributed by atoms with Crippen LogP contribution in [0.4, 0.5) is 0 Å². The number of fused-ring (bicyclic) bond motifs is 1. The Morgan fingerprint density at radius 3 is 2.71 bits per heavy atom. The number of esters is 1. The number of methoxy groups -OCH3 is 2. The Labute approximate surface area is 186 Å². The number of ether oxygens (including phenoxy) is 2. The van der Waals surface area contributed by atoms with Crippen LogP contribution in [0.15, 0.2) is 51.6 Å². The zero-order chi connectivity index (χ0) is 22.0. The van der Waals surface area contributed by atoms with Gasteiger partial charge < -0.3 is 19.7 Å². The maximum absolute atomic E-state index is 12.9. The third-order valence-electron chi connectivity index (χ3n) is 5.69. The van der Waals surface area contributed by atoms with Gasteiger partial charge in [0.2, 0.25) is 5.91 Å². The molecule has 1 saturated carbocycles. The number of thioether (sulfide) groups is 1. The lowest BCUT2D eigenvalue weighted by atomic mass is 9.92. The van der Waals surface area contributed by atoms with E-state index in [2.05, 4.69) is 5.32 Å². The van der Waals surface area contributed by atoms with E-state index in [9.17, 15) is 9.59 Å². The normalized spacial score (nSPS) is 20.1. The molecule has 4 rings (SSSR count). The van der Waals surface area contributed by atoms with Gasteiger partial charge in [0.25, 0.3) is 0 Å². The lowest BCUT2D eigenvalue weighted by Crippen LogP contribution is -2.38. The maximum atomic E-state index is 12.9. The Morgan fingerprint density at radius 1 is 1.26 bits per heavy atom. The summed E-state index contributed by atoms with van der Waals surface area (Å²) in [5, 5.41) is 5.73. The molecule has 0 radical (unpaired) electrons. The van der Waals surface area contributed by atoms with Crippen molar-refractivity contribution in [1.29, 1.82) is 0 Å². The Hall–Kier alpha value is -2.74. The number of amidine groups is 1. The summed E-state index contributed by atoms with van der Waals surface area (Å²) in [5.74, 6) is 0.832. The first kappa shape index (κ1) is 21.5. The van der Waals surface area contributed by atoms with Crippen molar-refractivity contribution in [3.05, 3.63) is 52.2 Å². The van der Waals surface area contributed by atoms with Crippen LogP contribution in [0.2, 0.25) is 0 Å². The fourth-order valence-corrected chi connectivity index (χ4v) is 4.84. The van der Waals surface area contributed by atoms with Crippen LogP contribution in [0.5, 0.6) is 5.75 Å². The van der Waals surface area contributed by atoms with Crippen LogP contribution < -0.4 is 10.1 Å². The van der Waals surface area contributed by atoms with Crippen molar-refractivity contribution in [3.63, 3.8) is 0 Å². The highest BCUT2D eigenvalue weighted by Gasteiger charge is 2.42. The second kappa shape index (κ2) is 9.18. The summed E-state index contributed by atoms with van der Waals surface area (Å²) in [6.45, 7) is 2.69. The molecule has 0 bridgehead atoms. The van der Waals surface area contributed by atoms with Crippen LogP contribution >= 0.6 is 11.8 Å². The molecule has 0 unspecified atom stereocenters. The van der Waals surface area contributed by atoms with Crippen LogP contribution in [0.25, 0.3) is 0 Å². The largest absolute Gasteiger partial charge is 0.496 e. The number of amides is 1. The van der Waals surface area contributed by atoms with Gasteiger partial charge >= 0.3 is 5.97 Å². The molecule has 7 nitrogen and oxygen atoms in total. The van der Waals surface area contributed by atoms with E-state index in [1.54, 1.807) is 7.11 Å². The molecule has 0 aromatic heterocycles. The Morgan fingerprint density at radius 2 is 2.03 bits per heavy atom. The molecule has 0 spiro atoms. The molecular formula is C23H27N3O4S. The van der Waals surface area contributed by atoms with Crippen LogP contribution in [0.3, 0.4) is 0 Å². The molecule has 1 amide bonds. The van der Waals surface area contributed by atoms with E-state index in [1.165, 1.54) is 31.7 Å². The lowest BCUT2D eigenvalue weighted by molar-refractivity contribution is -0.136. The zero-order valence-electron chi connectivity index (χ0n) is 18.0. The highest BCUT2D eigenvalue weighted by Crippen LogP contribution is 2.47. The second-order valence-corrected chi connectivity index (χ2v) is 8.60. The van der Waals surface area contributed by atoms with Gasteiger partial charge in [0.15, 0.2) is 5.17 Å². The molecule has 0 saturated heterocycles. The Bertz CT molecular complexity index is 981. The third kappa shape index (κ3) is 4.35. The van der Waals surface area contributed by atoms with Gasteiger partial charge in [-0.25, -0.2) is 9.79 Å². The maximum Gasteiger partial charge on any atom is 0.338 e. The number of benzene rings is 1. The number of rotatable bonds is 8. The first-order chi connectivity index (χ1) is 15.1. The molecule has 1 atom stereocenters. The van der Waals surface area contributed by atoms with Gasteiger partial charge in [0.1, 0.15) is 5.75 Å². The van der Waals surface area contributed by atoms with Crippen LogP contribution in [-0.2, 0) is 14.3 Å². The summed E-state index contributed by atoms with van der Waals surface area (Å²) < 4.78 is 10.8. The highest BCUT2D eigenvalue weighted by atomic mass is 32.2. The predicted octanol–water partition coefficient (Wildman–Crippen LogP) is 3.75. The van der Waals surface area contributed by atoms with Crippen LogP contribution in [-0.4, -0.2) is 42.7 Å². The topological polar surface area (TPSA) is 80.2 Å². The monoisotopic (exact) mass is 441 g/mol. The molecule has 1 N–H and O–H groups in total. The minimum atomic E-state index is -0.483. The second-order valence-electron chi connectivity index (χ2n) is 7.77. The SMILES string of the molecule is CCC1=C(C(=O)OC)[C@H](c2ccccc2OC)N2C(CC(=O)NCC3CC3)=CSC2=N1. The van der Waals surface area contributed by atoms with Gasteiger partial charge in [0.05, 0.1) is 38.0 Å². The first-order valence-corrected chi connectivity index (χ1v) is 11.4. The Balaban J connectivity index is 1.72. The molecule has 8 heteroatoms. The summed E-state index contributed by atoms with van der Waals surface area (Å²) in [6, 6.07) is 7.14. The molecule has 1 fully saturated rings. The van der Waals surface area contributed by atoms with Crippen molar-refractivity contribution in [2.45, 2.75) is 38.6 Å². The average Bonchev–Trinajstić information content (AvgIpc) is 3.56. The minimum Gasteiger partial charge on any atom is -0.496 e. The summed E-state index contributed by atoms with van der Waals surface area (Å²) in [7, 11) is 2.99. The molecule has 31 heavy (non-hydrogen) atoms. The van der Waals surface area contributed by atoms with E-state index >= 15 is 0 Å². The molecule has 2 heterocycles. The van der Waals surface area contributed by atoms with Gasteiger partial charge in [-0.15, -0.1) is 0 Å². The van der Waals surface area contributed by atoms with Crippen molar-refractivity contribution in [1.82, 2.24) is 10.2 Å². The summed E-state index contributed by atoms with van der Waals surface area (Å²) in [6.07, 6.45) is 3.18. The van der Waals surface area contributed by atoms with Gasteiger partial charge in [-0.3, -0.25) is 4.79 Å². The smallest absolute Gasteiger partial charge is 0.338 e. The Kier molecular flexibility index (Phi) is 6.36. The van der Waals surface area contributed by atoms with Crippen molar-refractivity contribution in [3.8, 4) is 5.75 Å². The van der Waals surface area contributed by atoms with Gasteiger partial charge in [0, 0.05) is 17.8 Å². The molecule has 2 aliphatic heterocycles. The fourth-order valence-electron chi connectivity index (χ4n) is 3.91. The van der Waals surface area contributed by atoms with E-state index in [-0.39, 0.29) is 12.3 Å². The lowest BCUT2D eigenvalue weighted by Gasteiger charge is -2.37. The van der Waals surface area contributed by atoms with E-state index in [4.69, 9.17) is 14.5 Å². The van der Waals surface area contributed by atoms with Crippen LogP contribution in [0.1, 0.15) is 44.2 Å². The number of carbonyl (C=O) groups is 2. The number of para-hydroxylation sites is 1. The van der Waals surface area contributed by atoms with E-state index < -0.39 is 12.0 Å². The van der Waals surface area contributed by atoms with Gasteiger partial charge in [-0.2, -0.15) is 0 Å². The number of allylic oxidation sites excluding steroid dienone is 1. The first-order valence-electron chi connectivity index (χ1n) is 10.5. The third-order valence-corrected chi connectivity index (χ3v) is 6.58. The molecule has 164 valence electrons. The molecule has 1 aliphatic carbocycles. The predicted molar refractivity (Wildman–Crippen MR) is 120 cm³/mol. The molecule has 1 aromatic rings. The number of aliphatic imine (C=N–C) groups is 1. The highest BCUT2D eigenvalue weighted by molar-refractivity contribution is 8.16. The van der Waals surface area contributed by atoms with Crippen molar-refractivity contribution >= 4 is 28.8 Å². The van der Waals surface area contributed by atoms with Crippen molar-refractivity contribution < 1.29 is 19.1 Å². The number of hydrogen-bond acceptors (Lipinski definition) is 7. The quantitative estimate of drug-likeness (QED) is 0.619. The summed E-state index contributed by atoms with van der Waals surface area (Å²) >= 11 is 1.47. The molecular weight excluding hydrogens is 414 g/mol. The van der Waals surface area contributed by atoms with E-state index in [0.29, 0.717) is 29.4 Å². The van der Waals surface area contributed by atoms with E-state index in [1.807, 2.05) is 41.5 Å². The van der Waals surface area contributed by atoms with Crippen molar-refractivity contribution in [2.24, 2.45) is 10.9 Å².